The van der Waals surface area contributed by atoms with E-state index in [2.05, 4.69) is 20.2 Å². The van der Waals surface area contributed by atoms with Crippen LogP contribution in [-0.4, -0.2) is 50.7 Å². The summed E-state index contributed by atoms with van der Waals surface area (Å²) in [4.78, 5) is 21.4. The van der Waals surface area contributed by atoms with Crippen LogP contribution in [0.4, 0.5) is 0 Å². The Balaban J connectivity index is 1.71. The van der Waals surface area contributed by atoms with Crippen molar-refractivity contribution in [2.24, 2.45) is 0 Å². The van der Waals surface area contributed by atoms with Gasteiger partial charge in [0.25, 0.3) is 5.91 Å². The predicted octanol–water partition coefficient (Wildman–Crippen LogP) is 0.909. The van der Waals surface area contributed by atoms with Gasteiger partial charge in [0.1, 0.15) is 17.6 Å². The number of amides is 1. The lowest BCUT2D eigenvalue weighted by Gasteiger charge is -2.31. The van der Waals surface area contributed by atoms with Gasteiger partial charge in [-0.1, -0.05) is 6.92 Å². The molecule has 3 rings (SSSR count). The van der Waals surface area contributed by atoms with E-state index < -0.39 is 0 Å². The largest absolute Gasteiger partial charge is 0.366 e. The summed E-state index contributed by atoms with van der Waals surface area (Å²) < 4.78 is 5.67. The number of H-pyrrole nitrogens is 2. The summed E-state index contributed by atoms with van der Waals surface area (Å²) in [5.74, 6) is 1.43. The molecule has 7 nitrogen and oxygen atoms in total. The van der Waals surface area contributed by atoms with Gasteiger partial charge in [-0.25, -0.2) is 4.98 Å². The van der Waals surface area contributed by atoms with Crippen LogP contribution in [0.2, 0.25) is 0 Å². The quantitative estimate of drug-likeness (QED) is 0.871. The van der Waals surface area contributed by atoms with E-state index in [0.29, 0.717) is 31.2 Å². The number of aryl methyl sites for hydroxylation is 1. The van der Waals surface area contributed by atoms with Gasteiger partial charge in [-0.2, -0.15) is 5.10 Å². The lowest BCUT2D eigenvalue weighted by molar-refractivity contribution is -0.0268. The Hall–Kier alpha value is -2.15. The van der Waals surface area contributed by atoms with E-state index in [1.54, 1.807) is 17.2 Å². The molecule has 2 N–H and O–H groups in total. The molecule has 20 heavy (non-hydrogen) atoms. The second-order valence-corrected chi connectivity index (χ2v) is 4.69. The van der Waals surface area contributed by atoms with E-state index in [1.807, 2.05) is 13.0 Å². The average Bonchev–Trinajstić information content (AvgIpc) is 3.17. The number of carbonyl (C=O) groups is 1. The summed E-state index contributed by atoms with van der Waals surface area (Å²) in [6.07, 6.45) is 2.28. The minimum absolute atomic E-state index is 0.0189. The molecule has 1 saturated heterocycles. The first kappa shape index (κ1) is 12.9. The van der Waals surface area contributed by atoms with Crippen molar-refractivity contribution in [1.29, 1.82) is 0 Å². The SMILES string of the molecule is CCc1nc(C2CN(C(=O)c3ccc[nH]3)CCO2)n[nH]1. The number of aromatic amines is 2. The van der Waals surface area contributed by atoms with E-state index in [4.69, 9.17) is 4.74 Å². The van der Waals surface area contributed by atoms with Crippen molar-refractivity contribution in [2.45, 2.75) is 19.4 Å². The summed E-state index contributed by atoms with van der Waals surface area (Å²) in [5.41, 5.74) is 0.592. The standard InChI is InChI=1S/C13H17N5O2/c1-2-11-15-12(17-16-11)10-8-18(6-7-20-10)13(19)9-4-3-5-14-9/h3-5,10,14H,2,6-8H2,1H3,(H,15,16,17). The van der Waals surface area contributed by atoms with E-state index in [0.717, 1.165) is 12.2 Å². The molecule has 0 saturated carbocycles. The third kappa shape index (κ3) is 2.44. The molecule has 7 heteroatoms. The van der Waals surface area contributed by atoms with Crippen LogP contribution in [0, 0.1) is 0 Å². The molecular weight excluding hydrogens is 258 g/mol. The highest BCUT2D eigenvalue weighted by Crippen LogP contribution is 2.20. The Morgan fingerprint density at radius 1 is 1.60 bits per heavy atom. The minimum Gasteiger partial charge on any atom is -0.366 e. The molecule has 106 valence electrons. The lowest BCUT2D eigenvalue weighted by Crippen LogP contribution is -2.42. The Morgan fingerprint density at radius 2 is 2.50 bits per heavy atom. The molecule has 1 amide bonds. The number of hydrogen-bond acceptors (Lipinski definition) is 4. The zero-order valence-electron chi connectivity index (χ0n) is 11.3. The Bertz CT molecular complexity index is 577. The van der Waals surface area contributed by atoms with Crippen molar-refractivity contribution >= 4 is 5.91 Å². The maximum absolute atomic E-state index is 12.3. The number of rotatable bonds is 3. The highest BCUT2D eigenvalue weighted by molar-refractivity contribution is 5.92. The topological polar surface area (TPSA) is 86.9 Å². The van der Waals surface area contributed by atoms with Crippen molar-refractivity contribution in [3.63, 3.8) is 0 Å². The molecule has 1 atom stereocenters. The zero-order chi connectivity index (χ0) is 13.9. The molecular formula is C13H17N5O2. The van der Waals surface area contributed by atoms with Crippen LogP contribution in [0.15, 0.2) is 18.3 Å². The number of nitrogens with one attached hydrogen (secondary N) is 2. The van der Waals surface area contributed by atoms with E-state index in [-0.39, 0.29) is 12.0 Å². The molecule has 0 spiro atoms. The maximum atomic E-state index is 12.3. The molecule has 0 aliphatic carbocycles. The predicted molar refractivity (Wildman–Crippen MR) is 71.1 cm³/mol. The van der Waals surface area contributed by atoms with Crippen molar-refractivity contribution in [3.8, 4) is 0 Å². The van der Waals surface area contributed by atoms with Gasteiger partial charge in [0, 0.05) is 19.2 Å². The first-order valence-electron chi connectivity index (χ1n) is 6.73. The molecule has 3 heterocycles. The fraction of sp³-hybridized carbons (Fsp3) is 0.462. The van der Waals surface area contributed by atoms with Crippen molar-refractivity contribution in [3.05, 3.63) is 35.7 Å². The monoisotopic (exact) mass is 275 g/mol. The van der Waals surface area contributed by atoms with Gasteiger partial charge in [-0.05, 0) is 12.1 Å². The third-order valence-corrected chi connectivity index (χ3v) is 3.35. The molecule has 0 bridgehead atoms. The number of ether oxygens (including phenoxy) is 1. The number of morpholine rings is 1. The molecule has 2 aromatic heterocycles. The molecule has 1 aliphatic rings. The molecule has 1 aliphatic heterocycles. The fourth-order valence-corrected chi connectivity index (χ4v) is 2.24. The van der Waals surface area contributed by atoms with Crippen LogP contribution >= 0.6 is 0 Å². The maximum Gasteiger partial charge on any atom is 0.270 e. The first-order valence-corrected chi connectivity index (χ1v) is 6.73. The summed E-state index contributed by atoms with van der Waals surface area (Å²) in [6, 6.07) is 3.59. The van der Waals surface area contributed by atoms with Crippen molar-refractivity contribution in [2.75, 3.05) is 19.7 Å². The van der Waals surface area contributed by atoms with E-state index in [9.17, 15) is 4.79 Å². The van der Waals surface area contributed by atoms with E-state index in [1.165, 1.54) is 0 Å². The Morgan fingerprint density at radius 3 is 3.20 bits per heavy atom. The summed E-state index contributed by atoms with van der Waals surface area (Å²) in [5, 5.41) is 7.03. The number of aromatic nitrogens is 4. The summed E-state index contributed by atoms with van der Waals surface area (Å²) >= 11 is 0. The van der Waals surface area contributed by atoms with Crippen LogP contribution in [0.25, 0.3) is 0 Å². The van der Waals surface area contributed by atoms with E-state index >= 15 is 0 Å². The van der Waals surface area contributed by atoms with Crippen molar-refractivity contribution in [1.82, 2.24) is 25.1 Å². The summed E-state index contributed by atoms with van der Waals surface area (Å²) in [7, 11) is 0. The molecule has 1 unspecified atom stereocenters. The van der Waals surface area contributed by atoms with Gasteiger partial charge in [0.2, 0.25) is 0 Å². The normalized spacial score (nSPS) is 19.2. The van der Waals surface area contributed by atoms with Crippen LogP contribution in [0.1, 0.15) is 35.2 Å². The highest BCUT2D eigenvalue weighted by Gasteiger charge is 2.28. The fourth-order valence-electron chi connectivity index (χ4n) is 2.24. The Kier molecular flexibility index (Phi) is 3.51. The zero-order valence-corrected chi connectivity index (χ0v) is 11.3. The van der Waals surface area contributed by atoms with Gasteiger partial charge >= 0.3 is 0 Å². The van der Waals surface area contributed by atoms with Crippen LogP contribution in [-0.2, 0) is 11.2 Å². The van der Waals surface area contributed by atoms with Gasteiger partial charge < -0.3 is 14.6 Å². The van der Waals surface area contributed by atoms with Gasteiger partial charge in [-0.3, -0.25) is 9.89 Å². The molecule has 0 aromatic carbocycles. The third-order valence-electron chi connectivity index (χ3n) is 3.35. The minimum atomic E-state index is -0.265. The highest BCUT2D eigenvalue weighted by atomic mass is 16.5. The van der Waals surface area contributed by atoms with Gasteiger partial charge in [0.05, 0.1) is 13.2 Å². The average molecular weight is 275 g/mol. The van der Waals surface area contributed by atoms with Crippen LogP contribution in [0.3, 0.4) is 0 Å². The number of carbonyl (C=O) groups excluding carboxylic acids is 1. The molecule has 2 aromatic rings. The van der Waals surface area contributed by atoms with Crippen molar-refractivity contribution < 1.29 is 9.53 Å². The Labute approximate surface area is 116 Å². The molecule has 1 fully saturated rings. The van der Waals surface area contributed by atoms with Gasteiger partial charge in [-0.15, -0.1) is 0 Å². The lowest BCUT2D eigenvalue weighted by atomic mass is 10.2. The van der Waals surface area contributed by atoms with Crippen LogP contribution in [0.5, 0.6) is 0 Å². The molecule has 0 radical (unpaired) electrons. The second kappa shape index (κ2) is 5.46. The van der Waals surface area contributed by atoms with Gasteiger partial charge in [0.15, 0.2) is 5.82 Å². The second-order valence-electron chi connectivity index (χ2n) is 4.69. The first-order chi connectivity index (χ1) is 9.78. The smallest absolute Gasteiger partial charge is 0.270 e. The number of hydrogen-bond donors (Lipinski definition) is 2. The summed E-state index contributed by atoms with van der Waals surface area (Å²) in [6.45, 7) is 3.55. The van der Waals surface area contributed by atoms with Crippen LogP contribution < -0.4 is 0 Å². The number of nitrogens with zero attached hydrogens (tertiary/aromatic N) is 3.